The van der Waals surface area contributed by atoms with Crippen molar-refractivity contribution in [3.05, 3.63) is 66.6 Å². The minimum absolute atomic E-state index is 0.0970. The SMILES string of the molecule is COc1cc(C2CNCCO2)c(-c2cnn(C)c2)cc1Nc1ncc(F)c(Nc2ccc3nccnc3c2P(C)(C)=O)n1. The van der Waals surface area contributed by atoms with E-state index >= 15 is 4.39 Å². The zero-order valence-corrected chi connectivity index (χ0v) is 25.0. The van der Waals surface area contributed by atoms with Gasteiger partial charge >= 0.3 is 0 Å². The van der Waals surface area contributed by atoms with Crippen molar-refractivity contribution in [2.45, 2.75) is 6.10 Å². The van der Waals surface area contributed by atoms with Crippen molar-refractivity contribution in [3.63, 3.8) is 0 Å². The molecule has 3 N–H and O–H groups in total. The maximum Gasteiger partial charge on any atom is 0.229 e. The predicted molar refractivity (Wildman–Crippen MR) is 164 cm³/mol. The molecule has 6 rings (SSSR count). The Bertz CT molecular complexity index is 1850. The van der Waals surface area contributed by atoms with Gasteiger partial charge in [-0.3, -0.25) is 14.6 Å². The standard InChI is InChI=1S/C29H31FN9O3P/c1-39-16-17(13-35-39)18-11-23(24(41-2)12-19(18)25-15-31-9-10-42-25)37-29-34-14-20(30)28(38-29)36-22-6-5-21-26(33-8-7-32-21)27(22)43(3,4)40/h5-8,11-14,16,25,31H,9-10,15H2,1-4H3,(H2,34,36,37,38). The summed E-state index contributed by atoms with van der Waals surface area (Å²) in [6, 6.07) is 7.28. The highest BCUT2D eigenvalue weighted by molar-refractivity contribution is 7.71. The van der Waals surface area contributed by atoms with E-state index in [0.717, 1.165) is 29.4 Å². The maximum atomic E-state index is 15.1. The number of aryl methyl sites for hydroxylation is 1. The number of hydrogen-bond acceptors (Lipinski definition) is 11. The van der Waals surface area contributed by atoms with Crippen LogP contribution in [-0.2, 0) is 16.3 Å². The van der Waals surface area contributed by atoms with Crippen LogP contribution in [0.1, 0.15) is 11.7 Å². The molecule has 0 bridgehead atoms. The first-order chi connectivity index (χ1) is 20.7. The fraction of sp³-hybridized carbons (Fsp3) is 0.276. The van der Waals surface area contributed by atoms with Crippen molar-refractivity contribution in [1.29, 1.82) is 0 Å². The number of nitrogens with zero attached hydrogens (tertiary/aromatic N) is 6. The summed E-state index contributed by atoms with van der Waals surface area (Å²) in [5, 5.41) is 14.4. The molecule has 43 heavy (non-hydrogen) atoms. The number of aromatic nitrogens is 6. The molecule has 0 amide bonds. The van der Waals surface area contributed by atoms with Crippen LogP contribution in [-0.4, -0.2) is 69.9 Å². The highest BCUT2D eigenvalue weighted by Crippen LogP contribution is 2.42. The largest absolute Gasteiger partial charge is 0.495 e. The quantitative estimate of drug-likeness (QED) is 0.218. The summed E-state index contributed by atoms with van der Waals surface area (Å²) >= 11 is 0. The van der Waals surface area contributed by atoms with Crippen LogP contribution < -0.4 is 26.0 Å². The number of ether oxygens (including phenoxy) is 2. The summed E-state index contributed by atoms with van der Waals surface area (Å²) in [5.41, 5.74) is 4.81. The van der Waals surface area contributed by atoms with Gasteiger partial charge in [0.1, 0.15) is 18.4 Å². The second kappa shape index (κ2) is 11.7. The number of hydrogen-bond donors (Lipinski definition) is 3. The van der Waals surface area contributed by atoms with Crippen molar-refractivity contribution in [2.75, 3.05) is 50.8 Å². The van der Waals surface area contributed by atoms with Crippen LogP contribution in [0.3, 0.4) is 0 Å². The van der Waals surface area contributed by atoms with Gasteiger partial charge in [0.15, 0.2) is 11.6 Å². The molecule has 0 saturated carbocycles. The van der Waals surface area contributed by atoms with Gasteiger partial charge in [-0.05, 0) is 48.7 Å². The number of benzene rings is 2. The molecular formula is C29H31FN9O3P. The molecule has 0 spiro atoms. The Kier molecular flexibility index (Phi) is 7.78. The molecule has 1 aliphatic rings. The first kappa shape index (κ1) is 28.7. The van der Waals surface area contributed by atoms with Gasteiger partial charge < -0.3 is 30.0 Å². The number of nitrogens with one attached hydrogen (secondary N) is 3. The van der Waals surface area contributed by atoms with Gasteiger partial charge in [-0.1, -0.05) is 0 Å². The molecule has 0 radical (unpaired) electrons. The third-order valence-corrected chi connectivity index (χ3v) is 8.59. The van der Waals surface area contributed by atoms with Gasteiger partial charge in [-0.2, -0.15) is 10.1 Å². The smallest absolute Gasteiger partial charge is 0.229 e. The lowest BCUT2D eigenvalue weighted by molar-refractivity contribution is 0.0279. The summed E-state index contributed by atoms with van der Waals surface area (Å²) in [4.78, 5) is 17.3. The number of methoxy groups -OCH3 is 1. The summed E-state index contributed by atoms with van der Waals surface area (Å²) in [6.07, 6.45) is 7.70. The van der Waals surface area contributed by atoms with E-state index in [2.05, 4.69) is 41.0 Å². The van der Waals surface area contributed by atoms with Crippen LogP contribution in [0.15, 0.2) is 55.2 Å². The third kappa shape index (κ3) is 5.92. The van der Waals surface area contributed by atoms with Crippen LogP contribution in [0.2, 0.25) is 0 Å². The highest BCUT2D eigenvalue weighted by Gasteiger charge is 2.25. The molecule has 1 aliphatic heterocycles. The van der Waals surface area contributed by atoms with Crippen molar-refractivity contribution in [1.82, 2.24) is 35.0 Å². The van der Waals surface area contributed by atoms with Crippen LogP contribution >= 0.6 is 7.14 Å². The lowest BCUT2D eigenvalue weighted by atomic mass is 9.96. The third-order valence-electron chi connectivity index (χ3n) is 7.06. The summed E-state index contributed by atoms with van der Waals surface area (Å²) in [7, 11) is 0.565. The number of rotatable bonds is 8. The molecular weight excluding hydrogens is 572 g/mol. The molecule has 1 fully saturated rings. The monoisotopic (exact) mass is 603 g/mol. The van der Waals surface area contributed by atoms with E-state index in [1.807, 2.05) is 25.4 Å². The van der Waals surface area contributed by atoms with Crippen LogP contribution in [0.4, 0.5) is 27.5 Å². The minimum atomic E-state index is -2.86. The molecule has 1 unspecified atom stereocenters. The fourth-order valence-corrected chi connectivity index (χ4v) is 6.53. The lowest BCUT2D eigenvalue weighted by Gasteiger charge is -2.27. The zero-order valence-electron chi connectivity index (χ0n) is 24.1. The molecule has 4 heterocycles. The van der Waals surface area contributed by atoms with Gasteiger partial charge in [0.05, 0.1) is 54.4 Å². The van der Waals surface area contributed by atoms with Gasteiger partial charge in [-0.25, -0.2) is 9.37 Å². The zero-order chi connectivity index (χ0) is 30.1. The first-order valence-electron chi connectivity index (χ1n) is 13.6. The predicted octanol–water partition coefficient (Wildman–Crippen LogP) is 4.36. The maximum absolute atomic E-state index is 15.1. The van der Waals surface area contributed by atoms with E-state index < -0.39 is 13.0 Å². The molecule has 1 atom stereocenters. The van der Waals surface area contributed by atoms with Crippen LogP contribution in [0.5, 0.6) is 5.75 Å². The Morgan fingerprint density at radius 1 is 1.12 bits per heavy atom. The van der Waals surface area contributed by atoms with E-state index in [4.69, 9.17) is 9.47 Å². The molecule has 1 saturated heterocycles. The summed E-state index contributed by atoms with van der Waals surface area (Å²) in [6.45, 7) is 5.31. The Morgan fingerprint density at radius 2 is 1.95 bits per heavy atom. The van der Waals surface area contributed by atoms with Crippen molar-refractivity contribution < 1.29 is 18.4 Å². The second-order valence-corrected chi connectivity index (χ2v) is 13.6. The van der Waals surface area contributed by atoms with Gasteiger partial charge in [0, 0.05) is 44.3 Å². The normalized spacial score (nSPS) is 15.4. The second-order valence-electron chi connectivity index (χ2n) is 10.5. The Balaban J connectivity index is 1.38. The molecule has 0 aliphatic carbocycles. The van der Waals surface area contributed by atoms with Crippen molar-refractivity contribution >= 4 is 46.6 Å². The minimum Gasteiger partial charge on any atom is -0.495 e. The average Bonchev–Trinajstić information content (AvgIpc) is 3.44. The topological polar surface area (TPSA) is 141 Å². The number of morpholine rings is 1. The Hall–Kier alpha value is -4.45. The van der Waals surface area contributed by atoms with E-state index in [1.54, 1.807) is 49.6 Å². The molecule has 5 aromatic rings. The van der Waals surface area contributed by atoms with E-state index in [9.17, 15) is 4.57 Å². The fourth-order valence-electron chi connectivity index (χ4n) is 5.13. The van der Waals surface area contributed by atoms with Gasteiger partial charge in [0.2, 0.25) is 5.95 Å². The first-order valence-corrected chi connectivity index (χ1v) is 16.2. The highest BCUT2D eigenvalue weighted by atomic mass is 31.2. The van der Waals surface area contributed by atoms with Crippen LogP contribution in [0.25, 0.3) is 22.2 Å². The Labute approximate surface area is 247 Å². The molecule has 222 valence electrons. The number of halogens is 1. The average molecular weight is 604 g/mol. The summed E-state index contributed by atoms with van der Waals surface area (Å²) < 4.78 is 41.9. The van der Waals surface area contributed by atoms with Gasteiger partial charge in [0.25, 0.3) is 0 Å². The molecule has 14 heteroatoms. The van der Waals surface area contributed by atoms with E-state index in [-0.39, 0.29) is 17.9 Å². The Morgan fingerprint density at radius 3 is 2.67 bits per heavy atom. The van der Waals surface area contributed by atoms with E-state index in [1.165, 1.54) is 6.20 Å². The molecule has 3 aromatic heterocycles. The number of anilines is 4. The van der Waals surface area contributed by atoms with E-state index in [0.29, 0.717) is 46.6 Å². The van der Waals surface area contributed by atoms with Crippen molar-refractivity contribution in [2.24, 2.45) is 7.05 Å². The molecule has 12 nitrogen and oxygen atoms in total. The number of fused-ring (bicyclic) bond motifs is 1. The summed E-state index contributed by atoms with van der Waals surface area (Å²) in [5.74, 6) is -0.119. The van der Waals surface area contributed by atoms with Crippen molar-refractivity contribution in [3.8, 4) is 16.9 Å². The van der Waals surface area contributed by atoms with Crippen LogP contribution in [0, 0.1) is 5.82 Å². The van der Waals surface area contributed by atoms with Gasteiger partial charge in [-0.15, -0.1) is 0 Å². The molecule has 2 aromatic carbocycles. The lowest BCUT2D eigenvalue weighted by Crippen LogP contribution is -2.33.